The maximum atomic E-state index is 12.0. The van der Waals surface area contributed by atoms with Gasteiger partial charge in [0.2, 0.25) is 0 Å². The van der Waals surface area contributed by atoms with Crippen molar-refractivity contribution in [1.29, 1.82) is 0 Å². The first kappa shape index (κ1) is 13.2. The summed E-state index contributed by atoms with van der Waals surface area (Å²) in [6.07, 6.45) is 0. The number of benzene rings is 2. The molecule has 0 aliphatic rings. The lowest BCUT2D eigenvalue weighted by Gasteiger charge is -2.07. The maximum absolute atomic E-state index is 12.0. The number of fused-ring (bicyclic) bond motifs is 1. The van der Waals surface area contributed by atoms with E-state index < -0.39 is 5.97 Å². The van der Waals surface area contributed by atoms with E-state index in [1.807, 2.05) is 12.1 Å². The number of phenols is 1. The minimum absolute atomic E-state index is 0.0219. The minimum Gasteiger partial charge on any atom is -0.506 e. The van der Waals surface area contributed by atoms with Crippen molar-refractivity contribution in [1.82, 2.24) is 5.16 Å². The molecule has 1 N–H and O–H groups in total. The third kappa shape index (κ3) is 2.58. The molecule has 1 aromatic heterocycles. The fourth-order valence-electron chi connectivity index (χ4n) is 2.12. The average molecular weight is 283 g/mol. The van der Waals surface area contributed by atoms with Crippen LogP contribution in [-0.2, 0) is 11.3 Å². The Hall–Kier alpha value is -2.82. The molecule has 0 amide bonds. The second-order valence-electron chi connectivity index (χ2n) is 4.69. The van der Waals surface area contributed by atoms with E-state index >= 15 is 0 Å². The van der Waals surface area contributed by atoms with Gasteiger partial charge in [0.1, 0.15) is 11.3 Å². The predicted molar refractivity (Wildman–Crippen MR) is 76.0 cm³/mol. The number of carbonyl (C=O) groups is 1. The first-order valence-corrected chi connectivity index (χ1v) is 6.45. The lowest BCUT2D eigenvalue weighted by atomic mass is 10.1. The van der Waals surface area contributed by atoms with Crippen LogP contribution in [0.5, 0.6) is 5.75 Å². The standard InChI is InChI=1S/C16H13NO4/c1-10-8-12(21-17-10)9-20-16(19)14-7-6-11-4-2-3-5-13(11)15(14)18/h2-8,18H,9H2,1H3. The number of ether oxygens (including phenoxy) is 1. The lowest BCUT2D eigenvalue weighted by Crippen LogP contribution is -2.05. The normalized spacial score (nSPS) is 10.7. The van der Waals surface area contributed by atoms with Crippen LogP contribution in [-0.4, -0.2) is 16.2 Å². The molecule has 0 fully saturated rings. The molecule has 2 aromatic carbocycles. The first-order valence-electron chi connectivity index (χ1n) is 6.45. The monoisotopic (exact) mass is 283 g/mol. The van der Waals surface area contributed by atoms with E-state index in [1.165, 1.54) is 0 Å². The van der Waals surface area contributed by atoms with Gasteiger partial charge in [0, 0.05) is 11.5 Å². The summed E-state index contributed by atoms with van der Waals surface area (Å²) >= 11 is 0. The number of phenolic OH excluding ortho intramolecular Hbond substituents is 1. The van der Waals surface area contributed by atoms with E-state index in [4.69, 9.17) is 9.26 Å². The zero-order valence-electron chi connectivity index (χ0n) is 11.4. The fourth-order valence-corrected chi connectivity index (χ4v) is 2.12. The van der Waals surface area contributed by atoms with Crippen LogP contribution < -0.4 is 0 Å². The molecule has 0 unspecified atom stereocenters. The van der Waals surface area contributed by atoms with E-state index in [1.54, 1.807) is 37.3 Å². The fraction of sp³-hybridized carbons (Fsp3) is 0.125. The van der Waals surface area contributed by atoms with E-state index in [0.717, 1.165) is 11.1 Å². The van der Waals surface area contributed by atoms with Gasteiger partial charge in [-0.1, -0.05) is 35.5 Å². The Morgan fingerprint density at radius 3 is 2.86 bits per heavy atom. The van der Waals surface area contributed by atoms with Crippen LogP contribution in [0, 0.1) is 6.92 Å². The second kappa shape index (κ2) is 5.28. The van der Waals surface area contributed by atoms with E-state index in [-0.39, 0.29) is 17.9 Å². The molecule has 0 aliphatic heterocycles. The van der Waals surface area contributed by atoms with E-state index in [9.17, 15) is 9.90 Å². The summed E-state index contributed by atoms with van der Waals surface area (Å²) in [5.74, 6) is -0.222. The van der Waals surface area contributed by atoms with Gasteiger partial charge < -0.3 is 14.4 Å². The van der Waals surface area contributed by atoms with Gasteiger partial charge in [-0.05, 0) is 18.4 Å². The molecule has 0 aliphatic carbocycles. The number of esters is 1. The number of nitrogens with zero attached hydrogens (tertiary/aromatic N) is 1. The predicted octanol–water partition coefficient (Wildman–Crippen LogP) is 3.20. The van der Waals surface area contributed by atoms with Crippen molar-refractivity contribution in [3.8, 4) is 5.75 Å². The Morgan fingerprint density at radius 1 is 1.29 bits per heavy atom. The van der Waals surface area contributed by atoms with Crippen LogP contribution in [0.3, 0.4) is 0 Å². The molecule has 0 saturated heterocycles. The number of aryl methyl sites for hydroxylation is 1. The molecule has 0 bridgehead atoms. The van der Waals surface area contributed by atoms with Gasteiger partial charge in [0.25, 0.3) is 0 Å². The van der Waals surface area contributed by atoms with Crippen LogP contribution in [0.4, 0.5) is 0 Å². The highest BCUT2D eigenvalue weighted by atomic mass is 16.5. The Kier molecular flexibility index (Phi) is 3.31. The summed E-state index contributed by atoms with van der Waals surface area (Å²) in [5, 5.41) is 15.4. The average Bonchev–Trinajstić information content (AvgIpc) is 2.91. The second-order valence-corrected chi connectivity index (χ2v) is 4.69. The topological polar surface area (TPSA) is 72.6 Å². The molecule has 5 heteroatoms. The van der Waals surface area contributed by atoms with Gasteiger partial charge >= 0.3 is 5.97 Å². The van der Waals surface area contributed by atoms with E-state index in [2.05, 4.69) is 5.16 Å². The largest absolute Gasteiger partial charge is 0.506 e. The van der Waals surface area contributed by atoms with Crippen molar-refractivity contribution in [3.05, 3.63) is 59.5 Å². The summed E-state index contributed by atoms with van der Waals surface area (Å²) in [6, 6.07) is 12.3. The Bertz CT molecular complexity index is 807. The molecule has 0 radical (unpaired) electrons. The molecule has 106 valence electrons. The van der Waals surface area contributed by atoms with Crippen molar-refractivity contribution in [2.75, 3.05) is 0 Å². The zero-order chi connectivity index (χ0) is 14.8. The van der Waals surface area contributed by atoms with E-state index in [0.29, 0.717) is 11.1 Å². The number of aromatic hydroxyl groups is 1. The third-order valence-corrected chi connectivity index (χ3v) is 3.14. The molecule has 0 saturated carbocycles. The zero-order valence-corrected chi connectivity index (χ0v) is 11.4. The molecule has 0 spiro atoms. The van der Waals surface area contributed by atoms with Crippen LogP contribution in [0.15, 0.2) is 47.0 Å². The Balaban J connectivity index is 1.82. The van der Waals surface area contributed by atoms with Gasteiger partial charge in [-0.25, -0.2) is 4.79 Å². The van der Waals surface area contributed by atoms with Gasteiger partial charge in [0.15, 0.2) is 12.4 Å². The van der Waals surface area contributed by atoms with Gasteiger partial charge in [-0.15, -0.1) is 0 Å². The number of hydrogen-bond donors (Lipinski definition) is 1. The molecule has 0 atom stereocenters. The van der Waals surface area contributed by atoms with Crippen molar-refractivity contribution in [2.24, 2.45) is 0 Å². The number of rotatable bonds is 3. The molecule has 21 heavy (non-hydrogen) atoms. The Morgan fingerprint density at radius 2 is 2.10 bits per heavy atom. The van der Waals surface area contributed by atoms with Crippen LogP contribution in [0.25, 0.3) is 10.8 Å². The number of carbonyl (C=O) groups excluding carboxylic acids is 1. The third-order valence-electron chi connectivity index (χ3n) is 3.14. The summed E-state index contributed by atoms with van der Waals surface area (Å²) in [4.78, 5) is 12.0. The highest BCUT2D eigenvalue weighted by Crippen LogP contribution is 2.29. The first-order chi connectivity index (χ1) is 10.1. The molecular weight excluding hydrogens is 270 g/mol. The number of aromatic nitrogens is 1. The summed E-state index contributed by atoms with van der Waals surface area (Å²) in [7, 11) is 0. The van der Waals surface area contributed by atoms with Gasteiger partial charge in [-0.3, -0.25) is 0 Å². The molecule has 5 nitrogen and oxygen atoms in total. The van der Waals surface area contributed by atoms with Crippen LogP contribution in [0.2, 0.25) is 0 Å². The summed E-state index contributed by atoms with van der Waals surface area (Å²) < 4.78 is 10.1. The summed E-state index contributed by atoms with van der Waals surface area (Å²) in [5.41, 5.74) is 0.847. The molecule has 1 heterocycles. The molecular formula is C16H13NO4. The van der Waals surface area contributed by atoms with Crippen molar-refractivity contribution < 1.29 is 19.2 Å². The highest BCUT2D eigenvalue weighted by Gasteiger charge is 2.16. The van der Waals surface area contributed by atoms with Crippen LogP contribution in [0.1, 0.15) is 21.8 Å². The van der Waals surface area contributed by atoms with Gasteiger partial charge in [-0.2, -0.15) is 0 Å². The van der Waals surface area contributed by atoms with Gasteiger partial charge in [0.05, 0.1) is 5.69 Å². The highest BCUT2D eigenvalue weighted by molar-refractivity contribution is 6.01. The van der Waals surface area contributed by atoms with Crippen molar-refractivity contribution in [3.63, 3.8) is 0 Å². The quantitative estimate of drug-likeness (QED) is 0.747. The summed E-state index contributed by atoms with van der Waals surface area (Å²) in [6.45, 7) is 1.76. The molecule has 3 rings (SSSR count). The van der Waals surface area contributed by atoms with Crippen molar-refractivity contribution in [2.45, 2.75) is 13.5 Å². The molecule has 3 aromatic rings. The van der Waals surface area contributed by atoms with Crippen molar-refractivity contribution >= 4 is 16.7 Å². The SMILES string of the molecule is Cc1cc(COC(=O)c2ccc3ccccc3c2O)on1. The maximum Gasteiger partial charge on any atom is 0.342 e. The number of hydrogen-bond acceptors (Lipinski definition) is 5. The lowest BCUT2D eigenvalue weighted by molar-refractivity contribution is 0.0434. The smallest absolute Gasteiger partial charge is 0.342 e. The minimum atomic E-state index is -0.604. The Labute approximate surface area is 120 Å². The van der Waals surface area contributed by atoms with Crippen LogP contribution >= 0.6 is 0 Å².